The molecule has 1 aromatic rings. The summed E-state index contributed by atoms with van der Waals surface area (Å²) in [7, 11) is 0. The van der Waals surface area contributed by atoms with Crippen LogP contribution < -0.4 is 10.6 Å². The fraction of sp³-hybridized carbons (Fsp3) is 0.286. The Morgan fingerprint density at radius 1 is 1.47 bits per heavy atom. The number of carbonyl (C=O) groups excluding carboxylic acids is 1. The number of amides is 1. The van der Waals surface area contributed by atoms with Crippen LogP contribution in [0.15, 0.2) is 36.0 Å². The van der Waals surface area contributed by atoms with E-state index in [0.717, 1.165) is 12.0 Å². The number of carbonyl (C=O) groups is 1. The molecule has 0 saturated heterocycles. The van der Waals surface area contributed by atoms with Crippen molar-refractivity contribution in [1.29, 1.82) is 5.26 Å². The number of rotatable bonds is 6. The summed E-state index contributed by atoms with van der Waals surface area (Å²) in [5.41, 5.74) is 0.965. The van der Waals surface area contributed by atoms with Gasteiger partial charge in [-0.05, 0) is 18.1 Å². The van der Waals surface area contributed by atoms with Gasteiger partial charge in [0.05, 0.1) is 0 Å². The molecule has 4 nitrogen and oxygen atoms in total. The molecule has 0 saturated carbocycles. The van der Waals surface area contributed by atoms with Crippen molar-refractivity contribution in [3.63, 3.8) is 0 Å². The molecular formula is C14H16ClN3O. The van der Waals surface area contributed by atoms with E-state index in [4.69, 9.17) is 16.9 Å². The minimum absolute atomic E-state index is 0.0560. The molecule has 0 atom stereocenters. The summed E-state index contributed by atoms with van der Waals surface area (Å²) < 4.78 is 0. The van der Waals surface area contributed by atoms with Gasteiger partial charge in [-0.1, -0.05) is 36.7 Å². The monoisotopic (exact) mass is 277 g/mol. The Morgan fingerprint density at radius 3 is 2.84 bits per heavy atom. The first-order valence-corrected chi connectivity index (χ1v) is 6.42. The quantitative estimate of drug-likeness (QED) is 0.620. The van der Waals surface area contributed by atoms with Crippen LogP contribution in [0.3, 0.4) is 0 Å². The molecule has 0 aliphatic carbocycles. The minimum Gasteiger partial charge on any atom is -0.386 e. The summed E-state index contributed by atoms with van der Waals surface area (Å²) in [4.78, 5) is 11.6. The van der Waals surface area contributed by atoms with Crippen molar-refractivity contribution in [3.05, 3.63) is 46.6 Å². The molecule has 0 aromatic heterocycles. The van der Waals surface area contributed by atoms with E-state index in [0.29, 0.717) is 18.1 Å². The zero-order valence-corrected chi connectivity index (χ0v) is 11.5. The molecule has 5 heteroatoms. The summed E-state index contributed by atoms with van der Waals surface area (Å²) in [6.07, 6.45) is 2.24. The average Bonchev–Trinajstić information content (AvgIpc) is 2.43. The highest BCUT2D eigenvalue weighted by Gasteiger charge is 2.07. The predicted octanol–water partition coefficient (Wildman–Crippen LogP) is 2.36. The minimum atomic E-state index is -0.365. The normalized spacial score (nSPS) is 10.7. The number of nitrogens with one attached hydrogen (secondary N) is 2. The van der Waals surface area contributed by atoms with Gasteiger partial charge in [0.1, 0.15) is 11.6 Å². The van der Waals surface area contributed by atoms with E-state index in [-0.39, 0.29) is 11.5 Å². The van der Waals surface area contributed by atoms with Crippen molar-refractivity contribution in [1.82, 2.24) is 10.6 Å². The summed E-state index contributed by atoms with van der Waals surface area (Å²) in [6.45, 7) is 2.97. The lowest BCUT2D eigenvalue weighted by molar-refractivity contribution is -0.117. The van der Waals surface area contributed by atoms with Crippen molar-refractivity contribution in [2.24, 2.45) is 0 Å². The van der Waals surface area contributed by atoms with Crippen LogP contribution in [0, 0.1) is 11.3 Å². The smallest absolute Gasteiger partial charge is 0.263 e. The lowest BCUT2D eigenvalue weighted by Crippen LogP contribution is -2.26. The van der Waals surface area contributed by atoms with Crippen molar-refractivity contribution in [2.45, 2.75) is 19.9 Å². The van der Waals surface area contributed by atoms with Crippen LogP contribution in [0.25, 0.3) is 0 Å². The topological polar surface area (TPSA) is 64.9 Å². The second kappa shape index (κ2) is 8.17. The van der Waals surface area contributed by atoms with Gasteiger partial charge >= 0.3 is 0 Å². The summed E-state index contributed by atoms with van der Waals surface area (Å²) in [5, 5.41) is 15.1. The van der Waals surface area contributed by atoms with Crippen molar-refractivity contribution < 1.29 is 4.79 Å². The predicted molar refractivity (Wildman–Crippen MR) is 75.3 cm³/mol. The van der Waals surface area contributed by atoms with Crippen LogP contribution in [0.1, 0.15) is 18.9 Å². The molecule has 1 rings (SSSR count). The largest absolute Gasteiger partial charge is 0.386 e. The van der Waals surface area contributed by atoms with Gasteiger partial charge in [-0.3, -0.25) is 4.79 Å². The number of benzene rings is 1. The third-order valence-electron chi connectivity index (χ3n) is 2.40. The van der Waals surface area contributed by atoms with Gasteiger partial charge in [-0.25, -0.2) is 0 Å². The molecule has 0 radical (unpaired) electrons. The Labute approximate surface area is 118 Å². The first-order valence-electron chi connectivity index (χ1n) is 6.04. The Hall–Kier alpha value is -1.99. The van der Waals surface area contributed by atoms with Crippen LogP contribution in [0.5, 0.6) is 0 Å². The lowest BCUT2D eigenvalue weighted by atomic mass is 10.2. The van der Waals surface area contributed by atoms with Crippen molar-refractivity contribution in [3.8, 4) is 6.07 Å². The fourth-order valence-electron chi connectivity index (χ4n) is 1.39. The molecule has 1 amide bonds. The molecule has 2 N–H and O–H groups in total. The highest BCUT2D eigenvalue weighted by molar-refractivity contribution is 6.31. The zero-order valence-electron chi connectivity index (χ0n) is 10.7. The van der Waals surface area contributed by atoms with E-state index in [1.54, 1.807) is 6.07 Å². The molecule has 1 aromatic carbocycles. The van der Waals surface area contributed by atoms with E-state index >= 15 is 0 Å². The van der Waals surface area contributed by atoms with Crippen LogP contribution in [-0.4, -0.2) is 12.5 Å². The van der Waals surface area contributed by atoms with Crippen LogP contribution in [0.4, 0.5) is 0 Å². The third kappa shape index (κ3) is 5.02. The van der Waals surface area contributed by atoms with Crippen molar-refractivity contribution in [2.75, 3.05) is 6.54 Å². The Bertz CT molecular complexity index is 506. The number of nitrogens with zero attached hydrogens (tertiary/aromatic N) is 1. The Kier molecular flexibility index (Phi) is 6.48. The lowest BCUT2D eigenvalue weighted by Gasteiger charge is -2.05. The van der Waals surface area contributed by atoms with E-state index < -0.39 is 0 Å². The van der Waals surface area contributed by atoms with Gasteiger partial charge < -0.3 is 10.6 Å². The van der Waals surface area contributed by atoms with Gasteiger partial charge in [-0.15, -0.1) is 0 Å². The molecular weight excluding hydrogens is 262 g/mol. The number of hydrogen-bond donors (Lipinski definition) is 2. The molecule has 0 aliphatic heterocycles. The van der Waals surface area contributed by atoms with Crippen molar-refractivity contribution >= 4 is 17.5 Å². The maximum atomic E-state index is 11.6. The molecule has 0 fully saturated rings. The maximum Gasteiger partial charge on any atom is 0.263 e. The standard InChI is InChI=1S/C14H16ClN3O/c1-2-7-18-14(19)12(8-16)10-17-9-11-5-3-4-6-13(11)15/h3-6,10,17H,2,7,9H2,1H3,(H,18,19)/b12-10-. The maximum absolute atomic E-state index is 11.6. The van der Waals surface area contributed by atoms with Gasteiger partial charge in [0, 0.05) is 24.3 Å². The second-order valence-electron chi connectivity index (χ2n) is 3.90. The molecule has 0 heterocycles. The molecule has 100 valence electrons. The van der Waals surface area contributed by atoms with Gasteiger partial charge in [-0.2, -0.15) is 5.26 Å². The fourth-order valence-corrected chi connectivity index (χ4v) is 1.59. The summed E-state index contributed by atoms with van der Waals surface area (Å²) in [5.74, 6) is -0.365. The average molecular weight is 278 g/mol. The van der Waals surface area contributed by atoms with Crippen LogP contribution in [-0.2, 0) is 11.3 Å². The zero-order chi connectivity index (χ0) is 14.1. The van der Waals surface area contributed by atoms with E-state index in [2.05, 4.69) is 10.6 Å². The van der Waals surface area contributed by atoms with E-state index in [1.165, 1.54) is 6.20 Å². The number of hydrogen-bond acceptors (Lipinski definition) is 3. The third-order valence-corrected chi connectivity index (χ3v) is 2.77. The van der Waals surface area contributed by atoms with Gasteiger partial charge in [0.2, 0.25) is 0 Å². The van der Waals surface area contributed by atoms with E-state index in [9.17, 15) is 4.79 Å². The Balaban J connectivity index is 2.57. The highest BCUT2D eigenvalue weighted by atomic mass is 35.5. The molecule has 0 unspecified atom stereocenters. The van der Waals surface area contributed by atoms with Gasteiger partial charge in [0.15, 0.2) is 0 Å². The Morgan fingerprint density at radius 2 is 2.21 bits per heavy atom. The van der Waals surface area contributed by atoms with Crippen LogP contribution >= 0.6 is 11.6 Å². The molecule has 19 heavy (non-hydrogen) atoms. The number of nitriles is 1. The number of halogens is 1. The van der Waals surface area contributed by atoms with Gasteiger partial charge in [0.25, 0.3) is 5.91 Å². The molecule has 0 spiro atoms. The summed E-state index contributed by atoms with van der Waals surface area (Å²) >= 11 is 6.00. The SMILES string of the molecule is CCCNC(=O)/C(C#N)=C\NCc1ccccc1Cl. The second-order valence-corrected chi connectivity index (χ2v) is 4.31. The molecule has 0 bridgehead atoms. The summed E-state index contributed by atoms with van der Waals surface area (Å²) in [6, 6.07) is 9.27. The first-order chi connectivity index (χ1) is 9.19. The highest BCUT2D eigenvalue weighted by Crippen LogP contribution is 2.14. The molecule has 0 aliphatic rings. The van der Waals surface area contributed by atoms with Crippen LogP contribution in [0.2, 0.25) is 5.02 Å². The van der Waals surface area contributed by atoms with E-state index in [1.807, 2.05) is 31.2 Å². The first kappa shape index (κ1) is 15.1.